The Labute approximate surface area is 196 Å². The van der Waals surface area contributed by atoms with E-state index in [0.717, 1.165) is 0 Å². The van der Waals surface area contributed by atoms with Gasteiger partial charge in [0.25, 0.3) is 5.91 Å². The maximum absolute atomic E-state index is 12.7. The van der Waals surface area contributed by atoms with E-state index < -0.39 is 17.8 Å². The molecule has 0 aliphatic rings. The van der Waals surface area contributed by atoms with Gasteiger partial charge in [-0.25, -0.2) is 9.59 Å². The third-order valence-electron chi connectivity index (χ3n) is 4.66. The fraction of sp³-hybridized carbons (Fsp3) is 0.0769. The lowest BCUT2D eigenvalue weighted by Gasteiger charge is -2.11. The minimum Gasteiger partial charge on any atom is -0.493 e. The summed E-state index contributed by atoms with van der Waals surface area (Å²) in [6.45, 7) is 0. The number of methoxy groups -OCH3 is 2. The van der Waals surface area contributed by atoms with Crippen molar-refractivity contribution in [3.05, 3.63) is 95.1 Å². The van der Waals surface area contributed by atoms with E-state index in [1.54, 1.807) is 48.5 Å². The van der Waals surface area contributed by atoms with E-state index >= 15 is 0 Å². The number of para-hydroxylation sites is 1. The molecular formula is C26H20N2O6. The number of nitriles is 1. The van der Waals surface area contributed by atoms with Crippen molar-refractivity contribution in [2.45, 2.75) is 0 Å². The van der Waals surface area contributed by atoms with Crippen molar-refractivity contribution < 1.29 is 28.6 Å². The Balaban J connectivity index is 1.82. The number of nitrogens with one attached hydrogen (secondary N) is 1. The van der Waals surface area contributed by atoms with Crippen molar-refractivity contribution in [3.8, 4) is 17.6 Å². The highest BCUT2D eigenvalue weighted by Crippen LogP contribution is 2.30. The molecule has 0 unspecified atom stereocenters. The molecule has 0 heterocycles. The van der Waals surface area contributed by atoms with E-state index in [1.807, 2.05) is 6.07 Å². The number of esters is 2. The van der Waals surface area contributed by atoms with E-state index in [0.29, 0.717) is 11.1 Å². The van der Waals surface area contributed by atoms with Gasteiger partial charge in [-0.05, 0) is 48.0 Å². The van der Waals surface area contributed by atoms with Crippen molar-refractivity contribution in [1.82, 2.24) is 0 Å². The maximum Gasteiger partial charge on any atom is 0.343 e. The van der Waals surface area contributed by atoms with E-state index in [2.05, 4.69) is 5.32 Å². The molecule has 0 atom stereocenters. The summed E-state index contributed by atoms with van der Waals surface area (Å²) in [6.07, 6.45) is 1.35. The van der Waals surface area contributed by atoms with Crippen LogP contribution in [-0.4, -0.2) is 32.1 Å². The van der Waals surface area contributed by atoms with E-state index in [4.69, 9.17) is 14.2 Å². The first-order valence-electron chi connectivity index (χ1n) is 10.0. The van der Waals surface area contributed by atoms with Crippen molar-refractivity contribution in [1.29, 1.82) is 5.26 Å². The number of carbonyl (C=O) groups excluding carboxylic acids is 3. The fourth-order valence-electron chi connectivity index (χ4n) is 2.98. The first-order valence-corrected chi connectivity index (χ1v) is 10.0. The van der Waals surface area contributed by atoms with Gasteiger partial charge in [-0.2, -0.15) is 5.26 Å². The lowest BCUT2D eigenvalue weighted by molar-refractivity contribution is -0.112. The second-order valence-electron chi connectivity index (χ2n) is 6.83. The monoisotopic (exact) mass is 456 g/mol. The fourth-order valence-corrected chi connectivity index (χ4v) is 2.98. The predicted molar refractivity (Wildman–Crippen MR) is 124 cm³/mol. The molecule has 170 valence electrons. The molecule has 0 radical (unpaired) electrons. The number of hydrogen-bond donors (Lipinski definition) is 1. The number of ether oxygens (including phenoxy) is 3. The molecule has 0 fully saturated rings. The largest absolute Gasteiger partial charge is 0.493 e. The normalized spacial score (nSPS) is 10.6. The first-order chi connectivity index (χ1) is 16.5. The summed E-state index contributed by atoms with van der Waals surface area (Å²) in [5.74, 6) is -1.46. The molecule has 0 aliphatic heterocycles. The van der Waals surface area contributed by atoms with Gasteiger partial charge in [0.1, 0.15) is 11.6 Å². The smallest absolute Gasteiger partial charge is 0.343 e. The molecule has 3 aromatic carbocycles. The van der Waals surface area contributed by atoms with Crippen LogP contribution in [0.1, 0.15) is 26.3 Å². The highest BCUT2D eigenvalue weighted by atomic mass is 16.6. The summed E-state index contributed by atoms with van der Waals surface area (Å²) in [6, 6.07) is 21.2. The summed E-state index contributed by atoms with van der Waals surface area (Å²) in [4.78, 5) is 36.9. The molecule has 0 aliphatic carbocycles. The van der Waals surface area contributed by atoms with E-state index in [-0.39, 0.29) is 28.3 Å². The molecule has 0 bridgehead atoms. The number of hydrogen-bond acceptors (Lipinski definition) is 7. The van der Waals surface area contributed by atoms with Crippen LogP contribution in [0, 0.1) is 11.3 Å². The molecule has 3 rings (SSSR count). The number of carbonyl (C=O) groups is 3. The highest BCUT2D eigenvalue weighted by Gasteiger charge is 2.17. The molecule has 0 saturated carbocycles. The number of anilines is 1. The predicted octanol–water partition coefficient (Wildman–Crippen LogP) is 4.25. The topological polar surface area (TPSA) is 115 Å². The molecule has 1 N–H and O–H groups in total. The van der Waals surface area contributed by atoms with Crippen LogP contribution in [0.2, 0.25) is 0 Å². The quantitative estimate of drug-likeness (QED) is 0.245. The van der Waals surface area contributed by atoms with Crippen LogP contribution in [0.15, 0.2) is 78.4 Å². The molecule has 8 heteroatoms. The first kappa shape index (κ1) is 23.8. The summed E-state index contributed by atoms with van der Waals surface area (Å²) in [7, 11) is 2.64. The van der Waals surface area contributed by atoms with Crippen LogP contribution in [0.4, 0.5) is 5.69 Å². The molecule has 0 saturated heterocycles. The molecule has 34 heavy (non-hydrogen) atoms. The van der Waals surface area contributed by atoms with Crippen molar-refractivity contribution in [2.24, 2.45) is 0 Å². The Morgan fingerprint density at radius 3 is 2.26 bits per heavy atom. The number of rotatable bonds is 7. The molecule has 3 aromatic rings. The SMILES string of the molecule is COC(=O)c1ccccc1NC(=O)C(C#N)=Cc1ccc(OC(=O)c2ccccc2)c(OC)c1. The van der Waals surface area contributed by atoms with Crippen molar-refractivity contribution in [2.75, 3.05) is 19.5 Å². The van der Waals surface area contributed by atoms with Gasteiger partial charge in [0, 0.05) is 0 Å². The van der Waals surface area contributed by atoms with Crippen molar-refractivity contribution >= 4 is 29.6 Å². The second kappa shape index (κ2) is 11.1. The number of amides is 1. The van der Waals surface area contributed by atoms with Gasteiger partial charge in [0.05, 0.1) is 31.0 Å². The van der Waals surface area contributed by atoms with Gasteiger partial charge in [-0.1, -0.05) is 36.4 Å². The maximum atomic E-state index is 12.7. The zero-order valence-electron chi connectivity index (χ0n) is 18.4. The second-order valence-corrected chi connectivity index (χ2v) is 6.83. The summed E-state index contributed by atoms with van der Waals surface area (Å²) in [5, 5.41) is 12.1. The number of benzene rings is 3. The zero-order chi connectivity index (χ0) is 24.5. The lowest BCUT2D eigenvalue weighted by atomic mass is 10.1. The van der Waals surface area contributed by atoms with Crippen LogP contribution < -0.4 is 14.8 Å². The minimum atomic E-state index is -0.711. The summed E-state index contributed by atoms with van der Waals surface area (Å²) in [5.41, 5.74) is 0.993. The van der Waals surface area contributed by atoms with Gasteiger partial charge in [-0.3, -0.25) is 4.79 Å². The van der Waals surface area contributed by atoms with E-state index in [9.17, 15) is 19.6 Å². The minimum absolute atomic E-state index is 0.155. The van der Waals surface area contributed by atoms with Gasteiger partial charge < -0.3 is 19.5 Å². The molecule has 0 aromatic heterocycles. The van der Waals surface area contributed by atoms with E-state index in [1.165, 1.54) is 44.6 Å². The van der Waals surface area contributed by atoms with Gasteiger partial charge in [0.2, 0.25) is 0 Å². The average Bonchev–Trinajstić information content (AvgIpc) is 2.88. The van der Waals surface area contributed by atoms with Crippen LogP contribution in [-0.2, 0) is 9.53 Å². The molecule has 1 amide bonds. The Hall–Kier alpha value is -4.90. The standard InChI is InChI=1S/C26H20N2O6/c1-32-23-15-17(12-13-22(23)34-25(30)18-8-4-3-5-9-18)14-19(16-27)24(29)28-21-11-7-6-10-20(21)26(31)33-2/h3-15H,1-2H3,(H,28,29). The molecule has 8 nitrogen and oxygen atoms in total. The summed E-state index contributed by atoms with van der Waals surface area (Å²) < 4.78 is 15.4. The molecule has 0 spiro atoms. The van der Waals surface area contributed by atoms with Crippen LogP contribution in [0.5, 0.6) is 11.5 Å². The van der Waals surface area contributed by atoms with Gasteiger partial charge in [0.15, 0.2) is 11.5 Å². The average molecular weight is 456 g/mol. The van der Waals surface area contributed by atoms with Crippen LogP contribution >= 0.6 is 0 Å². The van der Waals surface area contributed by atoms with Crippen LogP contribution in [0.25, 0.3) is 6.08 Å². The highest BCUT2D eigenvalue weighted by molar-refractivity contribution is 6.12. The Morgan fingerprint density at radius 2 is 1.59 bits per heavy atom. The lowest BCUT2D eigenvalue weighted by Crippen LogP contribution is -2.16. The Kier molecular flexibility index (Phi) is 7.76. The third-order valence-corrected chi connectivity index (χ3v) is 4.66. The third kappa shape index (κ3) is 5.66. The van der Waals surface area contributed by atoms with Gasteiger partial charge >= 0.3 is 11.9 Å². The Bertz CT molecular complexity index is 1290. The van der Waals surface area contributed by atoms with Gasteiger partial charge in [-0.15, -0.1) is 0 Å². The molecular weight excluding hydrogens is 436 g/mol. The summed E-state index contributed by atoms with van der Waals surface area (Å²) >= 11 is 0. The van der Waals surface area contributed by atoms with Crippen LogP contribution in [0.3, 0.4) is 0 Å². The Morgan fingerprint density at radius 1 is 0.882 bits per heavy atom. The number of nitrogens with zero attached hydrogens (tertiary/aromatic N) is 1. The van der Waals surface area contributed by atoms with Crippen molar-refractivity contribution in [3.63, 3.8) is 0 Å². The zero-order valence-corrected chi connectivity index (χ0v) is 18.4.